The Morgan fingerprint density at radius 3 is 2.21 bits per heavy atom. The number of hydrogen-bond donors (Lipinski definition) is 1. The monoisotopic (exact) mass is 374 g/mol. The Hall–Kier alpha value is -2.69. The zero-order valence-corrected chi connectivity index (χ0v) is 16.1. The Morgan fingerprint density at radius 2 is 1.43 bits per heavy atom. The Bertz CT molecular complexity index is 972. The van der Waals surface area contributed by atoms with Crippen LogP contribution in [0.4, 0.5) is 4.79 Å². The summed E-state index contributed by atoms with van der Waals surface area (Å²) in [4.78, 5) is 12.0. The van der Waals surface area contributed by atoms with Crippen molar-refractivity contribution in [2.75, 3.05) is 26.2 Å². The number of amides is 1. The Kier molecular flexibility index (Phi) is 5.42. The van der Waals surface area contributed by atoms with Gasteiger partial charge in [0, 0.05) is 18.7 Å². The molecule has 1 aliphatic heterocycles. The van der Waals surface area contributed by atoms with Crippen LogP contribution >= 0.6 is 0 Å². The molecule has 0 spiro atoms. The molecule has 144 valence electrons. The molecule has 0 aromatic heterocycles. The molecule has 0 aliphatic carbocycles. The standard InChI is InChI=1S/C24H26N2O2/c27-24(28)26(16-14-25-15-17-26)18-22-8-2-1-6-19(22)12-13-21-10-5-9-20-7-3-4-11-23(20)21/h1-11,25H,12-18H2. The number of carbonyl (C=O) groups excluding carboxylic acids is 1. The van der Waals surface area contributed by atoms with Gasteiger partial charge in [-0.2, -0.15) is 0 Å². The van der Waals surface area contributed by atoms with E-state index in [1.165, 1.54) is 21.9 Å². The molecule has 0 radical (unpaired) electrons. The van der Waals surface area contributed by atoms with Crippen LogP contribution in [-0.2, 0) is 19.4 Å². The molecule has 1 fully saturated rings. The molecule has 4 nitrogen and oxygen atoms in total. The first-order valence-electron chi connectivity index (χ1n) is 10.00. The minimum absolute atomic E-state index is 0.0122. The zero-order valence-electron chi connectivity index (χ0n) is 16.1. The van der Waals surface area contributed by atoms with Crippen LogP contribution in [0.3, 0.4) is 0 Å². The van der Waals surface area contributed by atoms with Gasteiger partial charge in [0.05, 0.1) is 13.1 Å². The van der Waals surface area contributed by atoms with E-state index in [0.29, 0.717) is 32.7 Å². The number of aryl methyl sites for hydroxylation is 2. The summed E-state index contributed by atoms with van der Waals surface area (Å²) in [5.41, 5.74) is 3.68. The molecule has 0 saturated carbocycles. The van der Waals surface area contributed by atoms with Crippen LogP contribution in [0.15, 0.2) is 66.7 Å². The zero-order chi connectivity index (χ0) is 19.4. The van der Waals surface area contributed by atoms with Crippen LogP contribution in [0.5, 0.6) is 0 Å². The van der Waals surface area contributed by atoms with Gasteiger partial charge in [-0.15, -0.1) is 0 Å². The van der Waals surface area contributed by atoms with Crippen molar-refractivity contribution in [3.05, 3.63) is 83.4 Å². The van der Waals surface area contributed by atoms with E-state index in [9.17, 15) is 9.90 Å². The number of quaternary nitrogens is 1. The van der Waals surface area contributed by atoms with Crippen LogP contribution in [0.1, 0.15) is 16.7 Å². The summed E-state index contributed by atoms with van der Waals surface area (Å²) in [7, 11) is 0. The number of carboxylic acid groups (broad SMARTS) is 1. The van der Waals surface area contributed by atoms with E-state index in [-0.39, 0.29) is 4.48 Å². The van der Waals surface area contributed by atoms with Crippen molar-refractivity contribution in [1.29, 1.82) is 0 Å². The van der Waals surface area contributed by atoms with Crippen molar-refractivity contribution in [2.45, 2.75) is 19.4 Å². The average molecular weight is 374 g/mol. The molecular formula is C24H26N2O2. The molecule has 3 aromatic rings. The van der Waals surface area contributed by atoms with Gasteiger partial charge in [-0.1, -0.05) is 66.7 Å². The highest BCUT2D eigenvalue weighted by Gasteiger charge is 2.33. The molecule has 1 N–H and O–H groups in total. The van der Waals surface area contributed by atoms with Crippen LogP contribution in [0.2, 0.25) is 0 Å². The maximum Gasteiger partial charge on any atom is 0.257 e. The van der Waals surface area contributed by atoms with Gasteiger partial charge in [-0.05, 0) is 34.7 Å². The van der Waals surface area contributed by atoms with Crippen molar-refractivity contribution in [1.82, 2.24) is 5.32 Å². The topological polar surface area (TPSA) is 52.2 Å². The first kappa shape index (κ1) is 18.7. The second kappa shape index (κ2) is 8.13. The largest absolute Gasteiger partial charge is 0.498 e. The molecule has 4 heteroatoms. The Morgan fingerprint density at radius 1 is 0.821 bits per heavy atom. The first-order valence-corrected chi connectivity index (χ1v) is 10.00. The molecule has 0 bridgehead atoms. The molecular weight excluding hydrogens is 348 g/mol. The van der Waals surface area contributed by atoms with Gasteiger partial charge in [-0.25, -0.2) is 0 Å². The molecule has 1 heterocycles. The van der Waals surface area contributed by atoms with Crippen molar-refractivity contribution in [3.63, 3.8) is 0 Å². The van der Waals surface area contributed by atoms with Gasteiger partial charge in [0.25, 0.3) is 6.09 Å². The number of benzene rings is 3. The Balaban J connectivity index is 1.57. The van der Waals surface area contributed by atoms with Gasteiger partial charge >= 0.3 is 0 Å². The van der Waals surface area contributed by atoms with E-state index in [0.717, 1.165) is 18.4 Å². The highest BCUT2D eigenvalue weighted by molar-refractivity contribution is 5.85. The first-order chi connectivity index (χ1) is 13.7. The quantitative estimate of drug-likeness (QED) is 0.699. The lowest BCUT2D eigenvalue weighted by Crippen LogP contribution is -2.65. The van der Waals surface area contributed by atoms with Gasteiger partial charge in [-0.3, -0.25) is 4.48 Å². The van der Waals surface area contributed by atoms with E-state index in [2.05, 4.69) is 59.9 Å². The molecule has 1 saturated heterocycles. The van der Waals surface area contributed by atoms with Gasteiger partial charge < -0.3 is 15.2 Å². The van der Waals surface area contributed by atoms with Crippen molar-refractivity contribution in [3.8, 4) is 0 Å². The second-order valence-corrected chi connectivity index (χ2v) is 7.67. The fourth-order valence-corrected chi connectivity index (χ4v) is 4.29. The highest BCUT2D eigenvalue weighted by Crippen LogP contribution is 2.23. The van der Waals surface area contributed by atoms with Crippen LogP contribution in [0.25, 0.3) is 10.8 Å². The van der Waals surface area contributed by atoms with E-state index in [4.69, 9.17) is 0 Å². The summed E-state index contributed by atoms with van der Waals surface area (Å²) in [6, 6.07) is 23.2. The lowest BCUT2D eigenvalue weighted by Gasteiger charge is -2.41. The van der Waals surface area contributed by atoms with Crippen molar-refractivity contribution < 1.29 is 14.4 Å². The summed E-state index contributed by atoms with van der Waals surface area (Å²) >= 11 is 0. The normalized spacial score (nSPS) is 16.1. The van der Waals surface area contributed by atoms with E-state index < -0.39 is 6.09 Å². The number of rotatable bonds is 5. The molecule has 3 aromatic carbocycles. The molecule has 0 atom stereocenters. The second-order valence-electron chi connectivity index (χ2n) is 7.67. The van der Waals surface area contributed by atoms with Gasteiger partial charge in [0.15, 0.2) is 0 Å². The summed E-state index contributed by atoms with van der Waals surface area (Å²) < 4.78 is 0.0122. The van der Waals surface area contributed by atoms with Crippen molar-refractivity contribution in [2.24, 2.45) is 0 Å². The molecule has 1 amide bonds. The predicted molar refractivity (Wildman–Crippen MR) is 110 cm³/mol. The smallest absolute Gasteiger partial charge is 0.257 e. The maximum absolute atomic E-state index is 12.0. The lowest BCUT2D eigenvalue weighted by atomic mass is 9.96. The van der Waals surface area contributed by atoms with Gasteiger partial charge in [0.1, 0.15) is 6.54 Å². The van der Waals surface area contributed by atoms with Crippen LogP contribution < -0.4 is 10.4 Å². The summed E-state index contributed by atoms with van der Waals surface area (Å²) in [6.07, 6.45) is 0.867. The van der Waals surface area contributed by atoms with Crippen LogP contribution in [0, 0.1) is 0 Å². The SMILES string of the molecule is O=C([O-])[N+]1(Cc2ccccc2CCc2cccc3ccccc23)CCNCC1. The summed E-state index contributed by atoms with van der Waals surface area (Å²) in [5.74, 6) is 0. The molecule has 28 heavy (non-hydrogen) atoms. The maximum atomic E-state index is 12.0. The fourth-order valence-electron chi connectivity index (χ4n) is 4.29. The third-order valence-electron chi connectivity index (χ3n) is 5.96. The minimum atomic E-state index is -0.967. The lowest BCUT2D eigenvalue weighted by molar-refractivity contribution is -0.890. The third kappa shape index (κ3) is 3.79. The highest BCUT2D eigenvalue weighted by atomic mass is 16.4. The summed E-state index contributed by atoms with van der Waals surface area (Å²) in [5, 5.41) is 17.8. The van der Waals surface area contributed by atoms with Crippen LogP contribution in [-0.4, -0.2) is 36.8 Å². The number of nitrogens with one attached hydrogen (secondary N) is 1. The van der Waals surface area contributed by atoms with Crippen molar-refractivity contribution >= 4 is 16.9 Å². The van der Waals surface area contributed by atoms with E-state index in [1.54, 1.807) is 0 Å². The minimum Gasteiger partial charge on any atom is -0.498 e. The van der Waals surface area contributed by atoms with E-state index in [1.807, 2.05) is 12.1 Å². The number of carbonyl (C=O) groups is 1. The number of fused-ring (bicyclic) bond motifs is 1. The molecule has 4 rings (SSSR count). The predicted octanol–water partition coefficient (Wildman–Crippen LogP) is 2.89. The van der Waals surface area contributed by atoms with Gasteiger partial charge in [0.2, 0.25) is 0 Å². The average Bonchev–Trinajstić information content (AvgIpc) is 2.74. The molecule has 1 aliphatic rings. The summed E-state index contributed by atoms with van der Waals surface area (Å²) in [6.45, 7) is 3.06. The number of nitrogens with zero attached hydrogens (tertiary/aromatic N) is 1. The fraction of sp³-hybridized carbons (Fsp3) is 0.292. The number of hydrogen-bond acceptors (Lipinski definition) is 3. The Labute approximate surface area is 166 Å². The third-order valence-corrected chi connectivity index (χ3v) is 5.96. The van der Waals surface area contributed by atoms with E-state index >= 15 is 0 Å². The molecule has 0 unspecified atom stereocenters. The number of piperazine rings is 1.